The Morgan fingerprint density at radius 1 is 1.13 bits per heavy atom. The highest BCUT2D eigenvalue weighted by Crippen LogP contribution is 2.39. The minimum Gasteiger partial charge on any atom is -0.377 e. The first-order chi connectivity index (χ1) is 14.9. The van der Waals surface area contributed by atoms with Crippen LogP contribution in [0.3, 0.4) is 0 Å². The third kappa shape index (κ3) is 3.66. The van der Waals surface area contributed by atoms with Crippen molar-refractivity contribution in [1.29, 1.82) is 0 Å². The molecule has 0 atom stereocenters. The molecule has 0 radical (unpaired) electrons. The monoisotopic (exact) mass is 441 g/mol. The predicted molar refractivity (Wildman–Crippen MR) is 116 cm³/mol. The van der Waals surface area contributed by atoms with E-state index >= 15 is 0 Å². The van der Waals surface area contributed by atoms with Gasteiger partial charge in [0.2, 0.25) is 10.0 Å². The van der Waals surface area contributed by atoms with Crippen molar-refractivity contribution in [3.8, 4) is 0 Å². The molecule has 0 amide bonds. The zero-order valence-electron chi connectivity index (χ0n) is 16.9. The number of imidazole rings is 1. The Hall–Kier alpha value is -2.98. The number of anilines is 1. The summed E-state index contributed by atoms with van der Waals surface area (Å²) in [6.45, 7) is 1.19. The molecule has 10 heteroatoms. The fourth-order valence-electron chi connectivity index (χ4n) is 4.19. The SMILES string of the molecule is O=[N+]([O-])c1ccc(NCc2nc3ccccc3n2C2CC2)c(S(=O)(=O)N2CCCC2)c1. The summed E-state index contributed by atoms with van der Waals surface area (Å²) in [6, 6.07) is 12.3. The number of nitro groups is 1. The standard InChI is InChI=1S/C21H23N5O4S/c27-26(28)16-9-10-18(20(13-16)31(29,30)24-11-3-4-12-24)22-14-21-23-17-5-1-2-6-19(17)25(21)15-7-8-15/h1-2,5-6,9-10,13,15,22H,3-4,7-8,11-12,14H2. The summed E-state index contributed by atoms with van der Waals surface area (Å²) in [5.41, 5.74) is 2.08. The van der Waals surface area contributed by atoms with Gasteiger partial charge in [0.05, 0.1) is 28.2 Å². The topological polar surface area (TPSA) is 110 Å². The maximum Gasteiger partial charge on any atom is 0.270 e. The van der Waals surface area contributed by atoms with E-state index < -0.39 is 14.9 Å². The highest BCUT2D eigenvalue weighted by atomic mass is 32.2. The van der Waals surface area contributed by atoms with Crippen molar-refractivity contribution in [3.63, 3.8) is 0 Å². The molecule has 3 aromatic rings. The Kier molecular flexibility index (Phi) is 4.90. The average Bonchev–Trinajstić information content (AvgIpc) is 3.29. The lowest BCUT2D eigenvalue weighted by atomic mass is 10.3. The maximum atomic E-state index is 13.2. The van der Waals surface area contributed by atoms with Gasteiger partial charge in [-0.2, -0.15) is 4.31 Å². The van der Waals surface area contributed by atoms with E-state index in [-0.39, 0.29) is 10.6 Å². The van der Waals surface area contributed by atoms with Crippen molar-refractivity contribution in [2.45, 2.75) is 43.2 Å². The molecule has 1 aliphatic carbocycles. The number of non-ortho nitro benzene ring substituents is 1. The lowest BCUT2D eigenvalue weighted by molar-refractivity contribution is -0.385. The first kappa shape index (κ1) is 20.0. The zero-order valence-corrected chi connectivity index (χ0v) is 17.7. The van der Waals surface area contributed by atoms with Crippen LogP contribution in [0.15, 0.2) is 47.4 Å². The average molecular weight is 442 g/mol. The van der Waals surface area contributed by atoms with Gasteiger partial charge < -0.3 is 9.88 Å². The van der Waals surface area contributed by atoms with Gasteiger partial charge >= 0.3 is 0 Å². The van der Waals surface area contributed by atoms with Crippen LogP contribution in [0.5, 0.6) is 0 Å². The van der Waals surface area contributed by atoms with E-state index in [1.165, 1.54) is 16.4 Å². The van der Waals surface area contributed by atoms with Crippen LogP contribution in [-0.2, 0) is 16.6 Å². The van der Waals surface area contributed by atoms with E-state index in [4.69, 9.17) is 4.98 Å². The number of para-hydroxylation sites is 2. The molecule has 2 aromatic carbocycles. The highest BCUT2D eigenvalue weighted by Gasteiger charge is 2.32. The number of aromatic nitrogens is 2. The molecule has 5 rings (SSSR count). The second kappa shape index (κ2) is 7.61. The molecule has 1 saturated heterocycles. The molecule has 2 fully saturated rings. The molecule has 2 heterocycles. The zero-order chi connectivity index (χ0) is 21.6. The van der Waals surface area contributed by atoms with Crippen molar-refractivity contribution >= 4 is 32.4 Å². The lowest BCUT2D eigenvalue weighted by Gasteiger charge is -2.19. The molecule has 1 N–H and O–H groups in total. The van der Waals surface area contributed by atoms with Crippen LogP contribution < -0.4 is 5.32 Å². The second-order valence-corrected chi connectivity index (χ2v) is 9.93. The number of sulfonamides is 1. The van der Waals surface area contributed by atoms with E-state index in [0.717, 1.165) is 48.6 Å². The molecule has 1 aromatic heterocycles. The van der Waals surface area contributed by atoms with Gasteiger partial charge in [0.25, 0.3) is 5.69 Å². The number of hydrogen-bond donors (Lipinski definition) is 1. The smallest absolute Gasteiger partial charge is 0.270 e. The van der Waals surface area contributed by atoms with Gasteiger partial charge in [0.1, 0.15) is 10.7 Å². The summed E-state index contributed by atoms with van der Waals surface area (Å²) in [4.78, 5) is 15.4. The van der Waals surface area contributed by atoms with Crippen LogP contribution in [0.1, 0.15) is 37.5 Å². The summed E-state index contributed by atoms with van der Waals surface area (Å²) >= 11 is 0. The van der Waals surface area contributed by atoms with Crippen LogP contribution >= 0.6 is 0 Å². The first-order valence-corrected chi connectivity index (χ1v) is 11.9. The summed E-state index contributed by atoms with van der Waals surface area (Å²) in [7, 11) is -3.83. The van der Waals surface area contributed by atoms with Gasteiger partial charge in [-0.1, -0.05) is 12.1 Å². The quantitative estimate of drug-likeness (QED) is 0.442. The van der Waals surface area contributed by atoms with Gasteiger partial charge in [-0.25, -0.2) is 13.4 Å². The Morgan fingerprint density at radius 2 is 1.87 bits per heavy atom. The minimum atomic E-state index is -3.83. The number of nitrogens with one attached hydrogen (secondary N) is 1. The number of nitro benzene ring substituents is 1. The van der Waals surface area contributed by atoms with Crippen molar-refractivity contribution < 1.29 is 13.3 Å². The fourth-order valence-corrected chi connectivity index (χ4v) is 5.89. The van der Waals surface area contributed by atoms with Crippen LogP contribution in [0, 0.1) is 10.1 Å². The number of fused-ring (bicyclic) bond motifs is 1. The van der Waals surface area contributed by atoms with Crippen molar-refractivity contribution in [2.24, 2.45) is 0 Å². The molecule has 2 aliphatic rings. The van der Waals surface area contributed by atoms with E-state index in [0.29, 0.717) is 31.4 Å². The van der Waals surface area contributed by atoms with Crippen LogP contribution in [-0.4, -0.2) is 40.3 Å². The van der Waals surface area contributed by atoms with Gasteiger partial charge in [0.15, 0.2) is 0 Å². The van der Waals surface area contributed by atoms with Crippen LogP contribution in [0.2, 0.25) is 0 Å². The van der Waals surface area contributed by atoms with Crippen molar-refractivity contribution in [3.05, 3.63) is 58.4 Å². The number of nitrogens with zero attached hydrogens (tertiary/aromatic N) is 4. The maximum absolute atomic E-state index is 13.2. The number of hydrogen-bond acceptors (Lipinski definition) is 6. The minimum absolute atomic E-state index is 0.0577. The summed E-state index contributed by atoms with van der Waals surface area (Å²) in [5, 5.41) is 14.5. The van der Waals surface area contributed by atoms with E-state index in [2.05, 4.69) is 9.88 Å². The van der Waals surface area contributed by atoms with Crippen LogP contribution in [0.25, 0.3) is 11.0 Å². The van der Waals surface area contributed by atoms with Gasteiger partial charge in [-0.15, -0.1) is 0 Å². The third-order valence-corrected chi connectivity index (χ3v) is 7.82. The molecule has 0 bridgehead atoms. The molecule has 0 unspecified atom stereocenters. The first-order valence-electron chi connectivity index (χ1n) is 10.4. The Morgan fingerprint density at radius 3 is 2.58 bits per heavy atom. The number of rotatable bonds is 7. The second-order valence-electron chi connectivity index (χ2n) is 8.02. The van der Waals surface area contributed by atoms with Gasteiger partial charge in [0, 0.05) is 31.3 Å². The van der Waals surface area contributed by atoms with E-state index in [1.54, 1.807) is 0 Å². The molecule has 162 valence electrons. The molecular formula is C21H23N5O4S. The Bertz CT molecular complexity index is 1260. The fraction of sp³-hybridized carbons (Fsp3) is 0.381. The van der Waals surface area contributed by atoms with Gasteiger partial charge in [-0.05, 0) is 43.9 Å². The Balaban J connectivity index is 1.50. The summed E-state index contributed by atoms with van der Waals surface area (Å²) in [6.07, 6.45) is 3.78. The largest absolute Gasteiger partial charge is 0.377 e. The molecule has 1 saturated carbocycles. The van der Waals surface area contributed by atoms with Crippen LogP contribution in [0.4, 0.5) is 11.4 Å². The molecule has 1 aliphatic heterocycles. The third-order valence-electron chi connectivity index (χ3n) is 5.88. The number of benzene rings is 2. The molecule has 0 spiro atoms. The molecule has 31 heavy (non-hydrogen) atoms. The molecule has 9 nitrogen and oxygen atoms in total. The lowest BCUT2D eigenvalue weighted by Crippen LogP contribution is -2.28. The summed E-state index contributed by atoms with van der Waals surface area (Å²) < 4.78 is 30.0. The molecular weight excluding hydrogens is 418 g/mol. The van der Waals surface area contributed by atoms with E-state index in [9.17, 15) is 18.5 Å². The van der Waals surface area contributed by atoms with Crippen molar-refractivity contribution in [1.82, 2.24) is 13.9 Å². The van der Waals surface area contributed by atoms with Gasteiger partial charge in [-0.3, -0.25) is 10.1 Å². The predicted octanol–water partition coefficient (Wildman–Crippen LogP) is 3.68. The van der Waals surface area contributed by atoms with Crippen molar-refractivity contribution in [2.75, 3.05) is 18.4 Å². The Labute approximate surface area is 179 Å². The van der Waals surface area contributed by atoms with E-state index in [1.807, 2.05) is 24.3 Å². The summed E-state index contributed by atoms with van der Waals surface area (Å²) in [5.74, 6) is 0.826. The highest BCUT2D eigenvalue weighted by molar-refractivity contribution is 7.89. The normalized spacial score (nSPS) is 17.3.